The Labute approximate surface area is 202 Å². The second-order valence-electron chi connectivity index (χ2n) is 15.3. The Morgan fingerprint density at radius 1 is 0.419 bits per heavy atom. The smallest absolute Gasteiger partial charge is 0.0354 e. The van der Waals surface area contributed by atoms with Crippen LogP contribution in [-0.2, 0) is 0 Å². The maximum absolute atomic E-state index is 2.38. The molecule has 0 unspecified atom stereocenters. The van der Waals surface area contributed by atoms with E-state index in [0.29, 0.717) is 21.7 Å². The Kier molecular flexibility index (Phi) is 17.2. The molecule has 0 bridgehead atoms. The summed E-state index contributed by atoms with van der Waals surface area (Å²) >= 11 is 0. The number of hydrogen-bond donors (Lipinski definition) is 0. The molecule has 0 heteroatoms. The van der Waals surface area contributed by atoms with E-state index in [0.717, 1.165) is 23.7 Å². The average molecular weight is 441 g/mol. The fraction of sp³-hybridized carbons (Fsp3) is 1.00. The molecule has 0 amide bonds. The van der Waals surface area contributed by atoms with Gasteiger partial charge in [0.25, 0.3) is 0 Å². The molecule has 0 saturated heterocycles. The van der Waals surface area contributed by atoms with Gasteiger partial charge in [-0.1, -0.05) is 144 Å². The highest BCUT2D eigenvalue weighted by Gasteiger charge is 2.25. The Morgan fingerprint density at radius 3 is 0.710 bits per heavy atom. The molecule has 0 aromatic carbocycles. The molecular formula is C31H68. The first-order chi connectivity index (χ1) is 13.4. The van der Waals surface area contributed by atoms with Gasteiger partial charge in [0.2, 0.25) is 0 Å². The van der Waals surface area contributed by atoms with E-state index in [1.807, 2.05) is 0 Å². The zero-order chi connectivity index (χ0) is 25.8. The predicted molar refractivity (Wildman–Crippen MR) is 149 cm³/mol. The lowest BCUT2D eigenvalue weighted by Crippen LogP contribution is -2.22. The lowest BCUT2D eigenvalue weighted by molar-refractivity contribution is 0.180. The molecule has 0 aliphatic heterocycles. The fourth-order valence-electron chi connectivity index (χ4n) is 1.97. The second-order valence-corrected chi connectivity index (χ2v) is 15.3. The molecule has 192 valence electrons. The maximum atomic E-state index is 2.38. The minimum atomic E-state index is 0.500. The molecule has 0 atom stereocenters. The normalized spacial score (nSPS) is 16.2. The van der Waals surface area contributed by atoms with Crippen LogP contribution in [0.2, 0.25) is 0 Å². The zero-order valence-electron chi connectivity index (χ0n) is 25.8. The van der Waals surface area contributed by atoms with E-state index in [1.165, 1.54) is 32.1 Å². The third kappa shape index (κ3) is 23.0. The van der Waals surface area contributed by atoms with E-state index in [9.17, 15) is 0 Å². The molecule has 1 saturated carbocycles. The van der Waals surface area contributed by atoms with Crippen LogP contribution in [0.25, 0.3) is 0 Å². The molecule has 0 spiro atoms. The monoisotopic (exact) mass is 441 g/mol. The maximum Gasteiger partial charge on any atom is -0.0354 e. The van der Waals surface area contributed by atoms with Crippen LogP contribution in [-0.4, -0.2) is 0 Å². The minimum absolute atomic E-state index is 0.500. The topological polar surface area (TPSA) is 0 Å². The molecule has 0 heterocycles. The largest absolute Gasteiger partial charge is 0.0623 e. The van der Waals surface area contributed by atoms with Crippen LogP contribution in [0.15, 0.2) is 0 Å². The van der Waals surface area contributed by atoms with Crippen LogP contribution in [0.3, 0.4) is 0 Å². The van der Waals surface area contributed by atoms with Crippen LogP contribution in [0.4, 0.5) is 0 Å². The Bertz CT molecular complexity index is 346. The predicted octanol–water partition coefficient (Wildman–Crippen LogP) is 11.7. The first kappa shape index (κ1) is 35.6. The highest BCUT2D eigenvalue weighted by molar-refractivity contribution is 4.76. The van der Waals surface area contributed by atoms with Crippen molar-refractivity contribution in [3.63, 3.8) is 0 Å². The molecule has 0 nitrogen and oxygen atoms in total. The van der Waals surface area contributed by atoms with E-state index in [1.54, 1.807) is 0 Å². The summed E-state index contributed by atoms with van der Waals surface area (Å²) in [5.74, 6) is 3.40. The Hall–Kier alpha value is 0. The van der Waals surface area contributed by atoms with Gasteiger partial charge in [-0.3, -0.25) is 0 Å². The summed E-state index contributed by atoms with van der Waals surface area (Å²) in [5.41, 5.74) is 2.07. The van der Waals surface area contributed by atoms with Gasteiger partial charge >= 0.3 is 0 Å². The van der Waals surface area contributed by atoms with Crippen molar-refractivity contribution in [2.24, 2.45) is 45.3 Å². The van der Waals surface area contributed by atoms with Gasteiger partial charge in [-0.2, -0.15) is 0 Å². The van der Waals surface area contributed by atoms with Gasteiger partial charge in [-0.15, -0.1) is 0 Å². The van der Waals surface area contributed by atoms with Gasteiger partial charge < -0.3 is 0 Å². The molecule has 0 N–H and O–H groups in total. The molecule has 1 aliphatic carbocycles. The number of hydrogen-bond acceptors (Lipinski definition) is 0. The van der Waals surface area contributed by atoms with Crippen molar-refractivity contribution in [2.75, 3.05) is 0 Å². The van der Waals surface area contributed by atoms with Crippen LogP contribution in [0.1, 0.15) is 157 Å². The quantitative estimate of drug-likeness (QED) is 0.351. The van der Waals surface area contributed by atoms with Crippen molar-refractivity contribution in [1.82, 2.24) is 0 Å². The van der Waals surface area contributed by atoms with Crippen molar-refractivity contribution < 1.29 is 0 Å². The molecule has 1 fully saturated rings. The number of rotatable bonds is 0. The highest BCUT2D eigenvalue weighted by Crippen LogP contribution is 2.37. The first-order valence-electron chi connectivity index (χ1n) is 13.4. The second kappa shape index (κ2) is 15.0. The Morgan fingerprint density at radius 2 is 0.613 bits per heavy atom. The van der Waals surface area contributed by atoms with Crippen LogP contribution in [0, 0.1) is 45.3 Å². The van der Waals surface area contributed by atoms with E-state index in [-0.39, 0.29) is 0 Å². The van der Waals surface area contributed by atoms with Gasteiger partial charge in [0.1, 0.15) is 0 Å². The zero-order valence-corrected chi connectivity index (χ0v) is 25.8. The van der Waals surface area contributed by atoms with Crippen molar-refractivity contribution >= 4 is 0 Å². The third-order valence-electron chi connectivity index (χ3n) is 8.03. The van der Waals surface area contributed by atoms with E-state index in [4.69, 9.17) is 0 Å². The summed E-state index contributed by atoms with van der Waals surface area (Å²) in [6.45, 7) is 41.0. The third-order valence-corrected chi connectivity index (χ3v) is 8.03. The lowest BCUT2D eigenvalue weighted by atomic mass is 9.72. The van der Waals surface area contributed by atoms with Gasteiger partial charge in [-0.05, 0) is 58.2 Å². The van der Waals surface area contributed by atoms with Crippen molar-refractivity contribution in [3.05, 3.63) is 0 Å². The standard InChI is InChI=1S/C10H20.3C7H16/c1-10(2,3)9-7-5-4-6-8-9;3*1-6(2)7(3,4)5/h9H,4-8H2,1-3H3;3*6H,1-5H3. The SMILES string of the molecule is CC(C)(C)C1CCCCC1.CC(C)C(C)(C)C.CC(C)C(C)(C)C.CC(C)C(C)(C)C. The first-order valence-corrected chi connectivity index (χ1v) is 13.4. The van der Waals surface area contributed by atoms with Gasteiger partial charge in [0.15, 0.2) is 0 Å². The summed E-state index contributed by atoms with van der Waals surface area (Å²) < 4.78 is 0. The highest BCUT2D eigenvalue weighted by atomic mass is 14.3. The molecule has 1 rings (SSSR count). The van der Waals surface area contributed by atoms with Gasteiger partial charge in [0, 0.05) is 0 Å². The fourth-order valence-corrected chi connectivity index (χ4v) is 1.97. The van der Waals surface area contributed by atoms with E-state index < -0.39 is 0 Å². The Balaban J connectivity index is -0.000000343. The van der Waals surface area contributed by atoms with Crippen molar-refractivity contribution in [3.8, 4) is 0 Å². The summed E-state index contributed by atoms with van der Waals surface area (Å²) in [4.78, 5) is 0. The molecule has 1 aliphatic rings. The summed E-state index contributed by atoms with van der Waals surface area (Å²) in [5, 5.41) is 0. The molecular weight excluding hydrogens is 372 g/mol. The lowest BCUT2D eigenvalue weighted by Gasteiger charge is -2.33. The average Bonchev–Trinajstić information content (AvgIpc) is 2.54. The van der Waals surface area contributed by atoms with E-state index >= 15 is 0 Å². The summed E-state index contributed by atoms with van der Waals surface area (Å²) in [6.07, 6.45) is 7.38. The molecule has 0 aromatic rings. The molecule has 0 radical (unpaired) electrons. The van der Waals surface area contributed by atoms with Crippen LogP contribution < -0.4 is 0 Å². The summed E-state index contributed by atoms with van der Waals surface area (Å²) in [6, 6.07) is 0. The minimum Gasteiger partial charge on any atom is -0.0623 e. The van der Waals surface area contributed by atoms with Gasteiger partial charge in [-0.25, -0.2) is 0 Å². The van der Waals surface area contributed by atoms with Gasteiger partial charge in [0.05, 0.1) is 0 Å². The van der Waals surface area contributed by atoms with Crippen molar-refractivity contribution in [1.29, 1.82) is 0 Å². The van der Waals surface area contributed by atoms with Crippen molar-refractivity contribution in [2.45, 2.75) is 157 Å². The van der Waals surface area contributed by atoms with Crippen LogP contribution >= 0.6 is 0 Å². The van der Waals surface area contributed by atoms with E-state index in [2.05, 4.69) is 125 Å². The molecule has 31 heavy (non-hydrogen) atoms. The summed E-state index contributed by atoms with van der Waals surface area (Å²) in [7, 11) is 0. The van der Waals surface area contributed by atoms with Crippen LogP contribution in [0.5, 0.6) is 0 Å². The molecule has 0 aromatic heterocycles.